The Morgan fingerprint density at radius 3 is 2.58 bits per heavy atom. The fourth-order valence-corrected chi connectivity index (χ4v) is 3.58. The van der Waals surface area contributed by atoms with Crippen LogP contribution in [0.3, 0.4) is 0 Å². The molecule has 0 aliphatic heterocycles. The Labute approximate surface area is 155 Å². The number of benzene rings is 2. The fourth-order valence-electron chi connectivity index (χ4n) is 3.58. The van der Waals surface area contributed by atoms with Crippen molar-refractivity contribution in [3.8, 4) is 0 Å². The van der Waals surface area contributed by atoms with Gasteiger partial charge in [-0.3, -0.25) is 0 Å². The summed E-state index contributed by atoms with van der Waals surface area (Å²) in [6, 6.07) is 18.7. The molecule has 0 saturated heterocycles. The lowest BCUT2D eigenvalue weighted by atomic mass is 9.93. The third-order valence-corrected chi connectivity index (χ3v) is 5.28. The van der Waals surface area contributed by atoms with E-state index in [-0.39, 0.29) is 6.61 Å². The van der Waals surface area contributed by atoms with Crippen LogP contribution in [0.1, 0.15) is 48.8 Å². The van der Waals surface area contributed by atoms with E-state index in [0.717, 1.165) is 37.0 Å². The van der Waals surface area contributed by atoms with Gasteiger partial charge >= 0.3 is 0 Å². The van der Waals surface area contributed by atoms with Crippen LogP contribution in [-0.4, -0.2) is 29.6 Å². The molecule has 0 bridgehead atoms. The Kier molecular flexibility index (Phi) is 6.07. The number of hydrogen-bond donors (Lipinski definition) is 2. The SMILES string of the molecule is C/C(=N\OCCc1ccccc1)c1ccc([C@@H]2CC[C@](N)(CO)C2)cc1. The molecule has 138 valence electrons. The molecule has 4 heteroatoms. The van der Waals surface area contributed by atoms with Gasteiger partial charge in [-0.05, 0) is 48.8 Å². The first-order valence-corrected chi connectivity index (χ1v) is 9.30. The van der Waals surface area contributed by atoms with Gasteiger partial charge in [0.2, 0.25) is 0 Å². The van der Waals surface area contributed by atoms with Crippen molar-refractivity contribution in [3.05, 3.63) is 71.3 Å². The predicted octanol–water partition coefficient (Wildman–Crippen LogP) is 3.63. The van der Waals surface area contributed by atoms with Crippen LogP contribution in [-0.2, 0) is 11.3 Å². The summed E-state index contributed by atoms with van der Waals surface area (Å²) >= 11 is 0. The summed E-state index contributed by atoms with van der Waals surface area (Å²) in [5.41, 5.74) is 10.3. The Balaban J connectivity index is 1.53. The van der Waals surface area contributed by atoms with E-state index in [9.17, 15) is 5.11 Å². The summed E-state index contributed by atoms with van der Waals surface area (Å²) in [4.78, 5) is 5.47. The van der Waals surface area contributed by atoms with Crippen LogP contribution >= 0.6 is 0 Å². The fraction of sp³-hybridized carbons (Fsp3) is 0.409. The van der Waals surface area contributed by atoms with Crippen LogP contribution in [0.2, 0.25) is 0 Å². The molecule has 4 nitrogen and oxygen atoms in total. The summed E-state index contributed by atoms with van der Waals surface area (Å²) in [7, 11) is 0. The molecular weight excluding hydrogens is 324 g/mol. The molecule has 0 aromatic heterocycles. The van der Waals surface area contributed by atoms with Gasteiger partial charge in [-0.2, -0.15) is 0 Å². The van der Waals surface area contributed by atoms with Gasteiger partial charge in [0, 0.05) is 12.0 Å². The van der Waals surface area contributed by atoms with Crippen molar-refractivity contribution in [2.45, 2.75) is 44.1 Å². The van der Waals surface area contributed by atoms with E-state index in [2.05, 4.69) is 41.6 Å². The maximum absolute atomic E-state index is 9.43. The minimum absolute atomic E-state index is 0.0632. The number of oxime groups is 1. The van der Waals surface area contributed by atoms with E-state index < -0.39 is 5.54 Å². The van der Waals surface area contributed by atoms with Gasteiger partial charge in [0.1, 0.15) is 6.61 Å². The van der Waals surface area contributed by atoms with E-state index in [1.165, 1.54) is 11.1 Å². The topological polar surface area (TPSA) is 67.8 Å². The Bertz CT molecular complexity index is 728. The highest BCUT2D eigenvalue weighted by atomic mass is 16.6. The van der Waals surface area contributed by atoms with Gasteiger partial charge in [-0.15, -0.1) is 0 Å². The molecule has 1 fully saturated rings. The minimum atomic E-state index is -0.409. The molecule has 1 aliphatic carbocycles. The quantitative estimate of drug-likeness (QED) is 0.454. The first-order valence-electron chi connectivity index (χ1n) is 9.30. The number of rotatable bonds is 7. The van der Waals surface area contributed by atoms with Crippen LogP contribution in [0.4, 0.5) is 0 Å². The molecule has 26 heavy (non-hydrogen) atoms. The predicted molar refractivity (Wildman–Crippen MR) is 105 cm³/mol. The van der Waals surface area contributed by atoms with Crippen molar-refractivity contribution in [2.75, 3.05) is 13.2 Å². The van der Waals surface area contributed by atoms with Gasteiger partial charge < -0.3 is 15.7 Å². The molecule has 3 rings (SSSR count). The third kappa shape index (κ3) is 4.71. The molecular formula is C22H28N2O2. The summed E-state index contributed by atoms with van der Waals surface area (Å²) in [5.74, 6) is 0.431. The summed E-state index contributed by atoms with van der Waals surface area (Å²) in [6.07, 6.45) is 3.61. The second-order valence-electron chi connectivity index (χ2n) is 7.33. The standard InChI is InChI=1S/C22H28N2O2/c1-17(24-26-14-12-18-5-3-2-4-6-18)19-7-9-20(10-8-19)21-11-13-22(23,15-21)16-25/h2-10,21,25H,11-16,23H2,1H3/b24-17+/t21-,22-/m1/s1. The molecule has 0 unspecified atom stereocenters. The zero-order valence-corrected chi connectivity index (χ0v) is 15.4. The van der Waals surface area contributed by atoms with Crippen LogP contribution < -0.4 is 5.73 Å². The van der Waals surface area contributed by atoms with Crippen LogP contribution in [0.5, 0.6) is 0 Å². The lowest BCUT2D eigenvalue weighted by Gasteiger charge is -2.20. The summed E-state index contributed by atoms with van der Waals surface area (Å²) in [5, 5.41) is 13.7. The van der Waals surface area contributed by atoms with E-state index in [0.29, 0.717) is 12.5 Å². The lowest BCUT2D eigenvalue weighted by Crippen LogP contribution is -2.40. The molecule has 0 spiro atoms. The zero-order chi connectivity index (χ0) is 18.4. The van der Waals surface area contributed by atoms with Crippen LogP contribution in [0.15, 0.2) is 59.8 Å². The zero-order valence-electron chi connectivity index (χ0n) is 15.4. The normalized spacial score (nSPS) is 23.2. The third-order valence-electron chi connectivity index (χ3n) is 5.28. The molecule has 0 heterocycles. The highest BCUT2D eigenvalue weighted by Crippen LogP contribution is 2.39. The van der Waals surface area contributed by atoms with E-state index in [1.807, 2.05) is 25.1 Å². The molecule has 1 saturated carbocycles. The van der Waals surface area contributed by atoms with Gasteiger partial charge in [-0.1, -0.05) is 59.8 Å². The van der Waals surface area contributed by atoms with E-state index >= 15 is 0 Å². The summed E-state index contributed by atoms with van der Waals surface area (Å²) < 4.78 is 0. The Hall–Kier alpha value is -2.17. The first kappa shape index (κ1) is 18.6. The Morgan fingerprint density at radius 1 is 1.19 bits per heavy atom. The largest absolute Gasteiger partial charge is 0.395 e. The van der Waals surface area contributed by atoms with Crippen LogP contribution in [0, 0.1) is 0 Å². The van der Waals surface area contributed by atoms with Crippen molar-refractivity contribution in [1.29, 1.82) is 0 Å². The molecule has 3 N–H and O–H groups in total. The van der Waals surface area contributed by atoms with E-state index in [1.54, 1.807) is 0 Å². The van der Waals surface area contributed by atoms with Gasteiger partial charge in [0.05, 0.1) is 12.3 Å². The van der Waals surface area contributed by atoms with Crippen molar-refractivity contribution in [3.63, 3.8) is 0 Å². The molecule has 1 aliphatic rings. The number of aliphatic hydroxyl groups excluding tert-OH is 1. The van der Waals surface area contributed by atoms with Crippen molar-refractivity contribution < 1.29 is 9.94 Å². The summed E-state index contributed by atoms with van der Waals surface area (Å²) in [6.45, 7) is 2.60. The lowest BCUT2D eigenvalue weighted by molar-refractivity contribution is 0.147. The highest BCUT2D eigenvalue weighted by molar-refractivity contribution is 5.98. The molecule has 2 aromatic carbocycles. The van der Waals surface area contributed by atoms with Gasteiger partial charge in [0.15, 0.2) is 0 Å². The molecule has 2 aromatic rings. The number of nitrogens with zero attached hydrogens (tertiary/aromatic N) is 1. The smallest absolute Gasteiger partial charge is 0.121 e. The van der Waals surface area contributed by atoms with Crippen molar-refractivity contribution >= 4 is 5.71 Å². The van der Waals surface area contributed by atoms with Crippen molar-refractivity contribution in [1.82, 2.24) is 0 Å². The van der Waals surface area contributed by atoms with Crippen molar-refractivity contribution in [2.24, 2.45) is 10.9 Å². The second kappa shape index (κ2) is 8.47. The number of hydrogen-bond acceptors (Lipinski definition) is 4. The molecule has 0 radical (unpaired) electrons. The molecule has 2 atom stereocenters. The van der Waals surface area contributed by atoms with E-state index in [4.69, 9.17) is 10.6 Å². The van der Waals surface area contributed by atoms with Gasteiger partial charge in [0.25, 0.3) is 0 Å². The Morgan fingerprint density at radius 2 is 1.92 bits per heavy atom. The maximum Gasteiger partial charge on any atom is 0.121 e. The number of nitrogens with two attached hydrogens (primary N) is 1. The number of aliphatic hydroxyl groups is 1. The highest BCUT2D eigenvalue weighted by Gasteiger charge is 2.35. The minimum Gasteiger partial charge on any atom is -0.395 e. The monoisotopic (exact) mass is 352 g/mol. The average molecular weight is 352 g/mol. The maximum atomic E-state index is 9.43. The van der Waals surface area contributed by atoms with Crippen LogP contribution in [0.25, 0.3) is 0 Å². The average Bonchev–Trinajstić information content (AvgIpc) is 3.09. The molecule has 0 amide bonds. The second-order valence-corrected chi connectivity index (χ2v) is 7.33. The van der Waals surface area contributed by atoms with Gasteiger partial charge in [-0.25, -0.2) is 0 Å². The first-order chi connectivity index (χ1) is 12.6.